The summed E-state index contributed by atoms with van der Waals surface area (Å²) in [6.07, 6.45) is 14.7. The Morgan fingerprint density at radius 3 is 1.85 bits per heavy atom. The molecule has 154 valence electrons. The van der Waals surface area contributed by atoms with Crippen molar-refractivity contribution in [1.29, 1.82) is 0 Å². The first-order valence-corrected chi connectivity index (χ1v) is 11.2. The summed E-state index contributed by atoms with van der Waals surface area (Å²) >= 11 is 0. The number of unbranched alkanes of at least 4 members (excludes halogenated alkanes) is 10. The quantitative estimate of drug-likeness (QED) is 0.297. The van der Waals surface area contributed by atoms with Crippen LogP contribution in [-0.4, -0.2) is 24.1 Å². The molecule has 0 saturated carbocycles. The third-order valence-electron chi connectivity index (χ3n) is 5.02. The van der Waals surface area contributed by atoms with Crippen LogP contribution in [0.1, 0.15) is 96.5 Å². The van der Waals surface area contributed by atoms with Crippen LogP contribution in [0.5, 0.6) is 5.75 Å². The predicted octanol–water partition coefficient (Wildman–Crippen LogP) is 7.52. The van der Waals surface area contributed by atoms with Gasteiger partial charge in [-0.15, -0.1) is 0 Å². The third-order valence-corrected chi connectivity index (χ3v) is 5.02. The van der Waals surface area contributed by atoms with Gasteiger partial charge in [-0.05, 0) is 37.5 Å². The van der Waals surface area contributed by atoms with Crippen LogP contribution in [0.25, 0.3) is 0 Å². The average Bonchev–Trinajstić information content (AvgIpc) is 2.65. The number of aryl methyl sites for hydroxylation is 1. The summed E-state index contributed by atoms with van der Waals surface area (Å²) in [5.74, 6) is 0.649. The molecule has 0 fully saturated rings. The lowest BCUT2D eigenvalue weighted by atomic mass is 10.1. The average molecular weight is 376 g/mol. The molecular formula is C24H41NO2. The minimum absolute atomic E-state index is 0.192. The number of rotatable bonds is 15. The molecule has 0 bridgehead atoms. The van der Waals surface area contributed by atoms with Crippen LogP contribution in [0.15, 0.2) is 24.3 Å². The number of carbonyl (C=O) groups excluding carboxylic acids is 1. The summed E-state index contributed by atoms with van der Waals surface area (Å²) in [5.41, 5.74) is 1.11. The smallest absolute Gasteiger partial charge is 0.410 e. The van der Waals surface area contributed by atoms with Gasteiger partial charge in [0.1, 0.15) is 5.75 Å². The Bertz CT molecular complexity index is 485. The Kier molecular flexibility index (Phi) is 13.5. The van der Waals surface area contributed by atoms with Gasteiger partial charge in [0.2, 0.25) is 0 Å². The van der Waals surface area contributed by atoms with E-state index in [9.17, 15) is 4.79 Å². The van der Waals surface area contributed by atoms with Gasteiger partial charge in [0, 0.05) is 13.1 Å². The molecule has 1 amide bonds. The van der Waals surface area contributed by atoms with Gasteiger partial charge >= 0.3 is 6.09 Å². The molecule has 0 aliphatic carbocycles. The maximum Gasteiger partial charge on any atom is 0.415 e. The molecule has 1 rings (SSSR count). The summed E-state index contributed by atoms with van der Waals surface area (Å²) in [6, 6.07) is 7.73. The molecule has 3 heteroatoms. The van der Waals surface area contributed by atoms with Gasteiger partial charge in [-0.1, -0.05) is 90.2 Å². The van der Waals surface area contributed by atoms with E-state index in [1.54, 1.807) is 0 Å². The maximum absolute atomic E-state index is 12.7. The van der Waals surface area contributed by atoms with Crippen molar-refractivity contribution < 1.29 is 9.53 Å². The number of nitrogens with zero attached hydrogens (tertiary/aromatic N) is 1. The first kappa shape index (κ1) is 23.5. The van der Waals surface area contributed by atoms with Crippen molar-refractivity contribution in [2.75, 3.05) is 13.1 Å². The Morgan fingerprint density at radius 1 is 0.815 bits per heavy atom. The maximum atomic E-state index is 12.7. The molecule has 27 heavy (non-hydrogen) atoms. The first-order valence-electron chi connectivity index (χ1n) is 11.2. The number of hydrogen-bond donors (Lipinski definition) is 0. The molecule has 0 aliphatic heterocycles. The van der Waals surface area contributed by atoms with Crippen molar-refractivity contribution in [2.45, 2.75) is 97.8 Å². The minimum Gasteiger partial charge on any atom is -0.410 e. The zero-order valence-electron chi connectivity index (χ0n) is 18.0. The zero-order valence-corrected chi connectivity index (χ0v) is 18.0. The van der Waals surface area contributed by atoms with Gasteiger partial charge in [-0.3, -0.25) is 0 Å². The summed E-state index contributed by atoms with van der Waals surface area (Å²) in [4.78, 5) is 14.6. The standard InChI is InChI=1S/C24H41NO2/c1-4-6-8-10-12-14-19-25(20-15-13-11-9-7-5-2)24(26)27-23-18-16-17-22(3)21-23/h16-18,21H,4-15,19-20H2,1-3H3. The highest BCUT2D eigenvalue weighted by atomic mass is 16.6. The number of amides is 1. The van der Waals surface area contributed by atoms with Gasteiger partial charge in [0.15, 0.2) is 0 Å². The van der Waals surface area contributed by atoms with E-state index in [0.717, 1.165) is 31.5 Å². The fourth-order valence-electron chi connectivity index (χ4n) is 3.30. The molecule has 0 aliphatic rings. The minimum atomic E-state index is -0.192. The number of carbonyl (C=O) groups is 1. The van der Waals surface area contributed by atoms with Crippen LogP contribution in [0, 0.1) is 6.92 Å². The lowest BCUT2D eigenvalue weighted by Crippen LogP contribution is -2.35. The highest BCUT2D eigenvalue weighted by Crippen LogP contribution is 2.15. The fourth-order valence-corrected chi connectivity index (χ4v) is 3.30. The van der Waals surface area contributed by atoms with Crippen LogP contribution in [0.3, 0.4) is 0 Å². The van der Waals surface area contributed by atoms with Gasteiger partial charge in [-0.25, -0.2) is 4.79 Å². The summed E-state index contributed by atoms with van der Waals surface area (Å²) in [5, 5.41) is 0. The van der Waals surface area contributed by atoms with E-state index < -0.39 is 0 Å². The van der Waals surface area contributed by atoms with E-state index in [4.69, 9.17) is 4.74 Å². The van der Waals surface area contributed by atoms with E-state index >= 15 is 0 Å². The van der Waals surface area contributed by atoms with Crippen LogP contribution in [-0.2, 0) is 0 Å². The second-order valence-corrected chi connectivity index (χ2v) is 7.71. The molecule has 3 nitrogen and oxygen atoms in total. The van der Waals surface area contributed by atoms with Crippen molar-refractivity contribution in [3.05, 3.63) is 29.8 Å². The number of hydrogen-bond acceptors (Lipinski definition) is 2. The SMILES string of the molecule is CCCCCCCCN(CCCCCCCC)C(=O)Oc1cccc(C)c1. The van der Waals surface area contributed by atoms with Gasteiger partial charge in [0.25, 0.3) is 0 Å². The van der Waals surface area contributed by atoms with E-state index in [1.165, 1.54) is 64.2 Å². The molecule has 0 unspecified atom stereocenters. The topological polar surface area (TPSA) is 29.5 Å². The predicted molar refractivity (Wildman–Crippen MR) is 116 cm³/mol. The van der Waals surface area contributed by atoms with Gasteiger partial charge < -0.3 is 9.64 Å². The molecule has 0 saturated heterocycles. The lowest BCUT2D eigenvalue weighted by Gasteiger charge is -2.22. The summed E-state index contributed by atoms with van der Waals surface area (Å²) in [7, 11) is 0. The second-order valence-electron chi connectivity index (χ2n) is 7.71. The Balaban J connectivity index is 2.43. The number of benzene rings is 1. The van der Waals surface area contributed by atoms with Crippen molar-refractivity contribution >= 4 is 6.09 Å². The van der Waals surface area contributed by atoms with Crippen LogP contribution in [0.2, 0.25) is 0 Å². The second kappa shape index (κ2) is 15.5. The largest absolute Gasteiger partial charge is 0.415 e. The summed E-state index contributed by atoms with van der Waals surface area (Å²) in [6.45, 7) is 8.12. The molecule has 1 aromatic rings. The van der Waals surface area contributed by atoms with Crippen molar-refractivity contribution in [3.63, 3.8) is 0 Å². The lowest BCUT2D eigenvalue weighted by molar-refractivity contribution is 0.150. The molecule has 0 spiro atoms. The van der Waals surface area contributed by atoms with Crippen LogP contribution >= 0.6 is 0 Å². The molecule has 1 aromatic carbocycles. The first-order chi connectivity index (χ1) is 13.2. The van der Waals surface area contributed by atoms with Crippen LogP contribution in [0.4, 0.5) is 4.79 Å². The molecule has 0 aromatic heterocycles. The molecule has 0 N–H and O–H groups in total. The normalized spacial score (nSPS) is 10.8. The van der Waals surface area contributed by atoms with Crippen LogP contribution < -0.4 is 4.74 Å². The molecule has 0 heterocycles. The Labute approximate surface area is 167 Å². The van der Waals surface area contributed by atoms with E-state index in [1.807, 2.05) is 36.1 Å². The monoisotopic (exact) mass is 375 g/mol. The summed E-state index contributed by atoms with van der Waals surface area (Å²) < 4.78 is 5.64. The van der Waals surface area contributed by atoms with Crippen molar-refractivity contribution in [3.8, 4) is 5.75 Å². The highest BCUT2D eigenvalue weighted by Gasteiger charge is 2.15. The Morgan fingerprint density at radius 2 is 1.33 bits per heavy atom. The molecule has 0 radical (unpaired) electrons. The van der Waals surface area contributed by atoms with Crippen molar-refractivity contribution in [1.82, 2.24) is 4.90 Å². The highest BCUT2D eigenvalue weighted by molar-refractivity contribution is 5.70. The van der Waals surface area contributed by atoms with Gasteiger partial charge in [0.05, 0.1) is 0 Å². The zero-order chi connectivity index (χ0) is 19.7. The third kappa shape index (κ3) is 11.7. The van der Waals surface area contributed by atoms with Crippen molar-refractivity contribution in [2.24, 2.45) is 0 Å². The molecular weight excluding hydrogens is 334 g/mol. The van der Waals surface area contributed by atoms with E-state index in [2.05, 4.69) is 13.8 Å². The van der Waals surface area contributed by atoms with E-state index in [-0.39, 0.29) is 6.09 Å². The molecule has 0 atom stereocenters. The Hall–Kier alpha value is -1.51. The van der Waals surface area contributed by atoms with Gasteiger partial charge in [-0.2, -0.15) is 0 Å². The number of ether oxygens (including phenoxy) is 1. The van der Waals surface area contributed by atoms with E-state index in [0.29, 0.717) is 5.75 Å². The fraction of sp³-hybridized carbons (Fsp3) is 0.708.